The average molecular weight is 419 g/mol. The average Bonchev–Trinajstić information content (AvgIpc) is 3.17. The van der Waals surface area contributed by atoms with Gasteiger partial charge in [0, 0.05) is 18.2 Å². The zero-order valence-corrected chi connectivity index (χ0v) is 17.2. The molecule has 0 radical (unpaired) electrons. The number of halogens is 1. The number of aromatic nitrogens is 1. The van der Waals surface area contributed by atoms with Gasteiger partial charge in [-0.25, -0.2) is 4.98 Å². The first kappa shape index (κ1) is 20.0. The number of anilines is 1. The van der Waals surface area contributed by atoms with E-state index in [0.29, 0.717) is 33.1 Å². The maximum absolute atomic E-state index is 13.2. The molecule has 0 spiro atoms. The van der Waals surface area contributed by atoms with Crippen LogP contribution in [0.2, 0.25) is 4.47 Å². The van der Waals surface area contributed by atoms with Crippen LogP contribution in [0.4, 0.5) is 5.69 Å². The first-order chi connectivity index (χ1) is 13.5. The fraction of sp³-hybridized carbons (Fsp3) is 0.200. The van der Waals surface area contributed by atoms with Crippen LogP contribution >= 0.6 is 22.9 Å². The van der Waals surface area contributed by atoms with Crippen LogP contribution in [0.25, 0.3) is 0 Å². The summed E-state index contributed by atoms with van der Waals surface area (Å²) in [6.45, 7) is 0.342. The van der Waals surface area contributed by atoms with Crippen molar-refractivity contribution in [3.05, 3.63) is 63.6 Å². The Morgan fingerprint density at radius 1 is 1.00 bits per heavy atom. The zero-order chi connectivity index (χ0) is 20.1. The lowest BCUT2D eigenvalue weighted by Gasteiger charge is -2.23. The van der Waals surface area contributed by atoms with Gasteiger partial charge in [-0.15, -0.1) is 0 Å². The molecule has 3 aromatic rings. The van der Waals surface area contributed by atoms with Gasteiger partial charge >= 0.3 is 0 Å². The van der Waals surface area contributed by atoms with Crippen LogP contribution in [0.3, 0.4) is 0 Å². The summed E-state index contributed by atoms with van der Waals surface area (Å²) >= 11 is 7.06. The van der Waals surface area contributed by atoms with Crippen LogP contribution in [-0.2, 0) is 6.54 Å². The molecule has 1 heterocycles. The third-order valence-corrected chi connectivity index (χ3v) is 5.18. The lowest BCUT2D eigenvalue weighted by Crippen LogP contribution is -2.29. The molecule has 6 nitrogen and oxygen atoms in total. The fourth-order valence-corrected chi connectivity index (χ4v) is 3.51. The number of hydrogen-bond donors (Lipinski definition) is 0. The van der Waals surface area contributed by atoms with Crippen molar-refractivity contribution in [3.63, 3.8) is 0 Å². The van der Waals surface area contributed by atoms with Crippen molar-refractivity contribution >= 4 is 34.5 Å². The highest BCUT2D eigenvalue weighted by Crippen LogP contribution is 2.31. The Labute approximate surface area is 172 Å². The summed E-state index contributed by atoms with van der Waals surface area (Å²) in [5, 5.41) is 0. The van der Waals surface area contributed by atoms with Crippen molar-refractivity contribution in [1.82, 2.24) is 4.98 Å². The van der Waals surface area contributed by atoms with E-state index < -0.39 is 0 Å². The molecule has 0 unspecified atom stereocenters. The summed E-state index contributed by atoms with van der Waals surface area (Å²) in [5.74, 6) is 1.71. The van der Waals surface area contributed by atoms with Gasteiger partial charge in [-0.1, -0.05) is 35.1 Å². The molecule has 3 rings (SSSR count). The second kappa shape index (κ2) is 8.95. The minimum absolute atomic E-state index is 0.212. The van der Waals surface area contributed by atoms with Crippen LogP contribution in [0.15, 0.2) is 48.7 Å². The molecule has 0 N–H and O–H groups in total. The first-order valence-electron chi connectivity index (χ1n) is 8.33. The molecule has 0 saturated carbocycles. The molecule has 0 aliphatic rings. The topological polar surface area (TPSA) is 60.9 Å². The Morgan fingerprint density at radius 3 is 2.11 bits per heavy atom. The van der Waals surface area contributed by atoms with Crippen molar-refractivity contribution < 1.29 is 19.0 Å². The standard InChI is InChI=1S/C20H19ClN2O4S/c1-25-15-6-4-13(5-7-15)12-23(19(24)18-11-22-20(21)28-18)14-8-16(26-2)10-17(9-14)27-3/h4-11H,12H2,1-3H3. The number of ether oxygens (including phenoxy) is 3. The van der Waals surface area contributed by atoms with Gasteiger partial charge in [0.2, 0.25) is 0 Å². The molecule has 1 amide bonds. The lowest BCUT2D eigenvalue weighted by atomic mass is 10.1. The number of benzene rings is 2. The lowest BCUT2D eigenvalue weighted by molar-refractivity contribution is 0.0989. The number of rotatable bonds is 7. The van der Waals surface area contributed by atoms with Crippen LogP contribution in [0.5, 0.6) is 17.2 Å². The predicted molar refractivity (Wildman–Crippen MR) is 110 cm³/mol. The molecule has 146 valence electrons. The number of thiazole rings is 1. The molecule has 0 fully saturated rings. The summed E-state index contributed by atoms with van der Waals surface area (Å²) < 4.78 is 16.2. The van der Waals surface area contributed by atoms with Gasteiger partial charge in [0.25, 0.3) is 5.91 Å². The second-order valence-corrected chi connectivity index (χ2v) is 7.40. The highest BCUT2D eigenvalue weighted by Gasteiger charge is 2.22. The van der Waals surface area contributed by atoms with E-state index in [-0.39, 0.29) is 5.91 Å². The van der Waals surface area contributed by atoms with Gasteiger partial charge < -0.3 is 19.1 Å². The predicted octanol–water partition coefficient (Wildman–Crippen LogP) is 4.67. The monoisotopic (exact) mass is 418 g/mol. The Morgan fingerprint density at radius 2 is 1.61 bits per heavy atom. The summed E-state index contributed by atoms with van der Waals surface area (Å²) in [6, 6.07) is 12.9. The van der Waals surface area contributed by atoms with E-state index in [1.54, 1.807) is 44.4 Å². The van der Waals surface area contributed by atoms with Crippen molar-refractivity contribution in [2.75, 3.05) is 26.2 Å². The Balaban J connectivity index is 2.01. The van der Waals surface area contributed by atoms with E-state index in [2.05, 4.69) is 4.98 Å². The van der Waals surface area contributed by atoms with Gasteiger partial charge in [-0.2, -0.15) is 0 Å². The molecular formula is C20H19ClN2O4S. The summed E-state index contributed by atoms with van der Waals surface area (Å²) in [4.78, 5) is 19.3. The van der Waals surface area contributed by atoms with Crippen molar-refractivity contribution in [3.8, 4) is 17.2 Å². The van der Waals surface area contributed by atoms with Crippen molar-refractivity contribution in [2.24, 2.45) is 0 Å². The SMILES string of the molecule is COc1ccc(CN(C(=O)c2cnc(Cl)s2)c2cc(OC)cc(OC)c2)cc1. The quantitative estimate of drug-likeness (QED) is 0.558. The number of carbonyl (C=O) groups is 1. The van der Waals surface area contributed by atoms with Gasteiger partial charge in [0.15, 0.2) is 4.47 Å². The normalized spacial score (nSPS) is 10.4. The Hall–Kier alpha value is -2.77. The molecule has 0 atom stereocenters. The van der Waals surface area contributed by atoms with Crippen molar-refractivity contribution in [1.29, 1.82) is 0 Å². The third kappa shape index (κ3) is 4.55. The maximum Gasteiger partial charge on any atom is 0.270 e. The first-order valence-corrected chi connectivity index (χ1v) is 9.52. The summed E-state index contributed by atoms with van der Waals surface area (Å²) in [5.41, 5.74) is 1.58. The van der Waals surface area contributed by atoms with Crippen LogP contribution in [0, 0.1) is 0 Å². The second-order valence-electron chi connectivity index (χ2n) is 5.79. The van der Waals surface area contributed by atoms with E-state index in [0.717, 1.165) is 22.6 Å². The molecule has 2 aromatic carbocycles. The fourth-order valence-electron chi connectivity index (χ4n) is 2.63. The zero-order valence-electron chi connectivity index (χ0n) is 15.6. The molecule has 8 heteroatoms. The Bertz CT molecular complexity index is 937. The molecule has 0 bridgehead atoms. The largest absolute Gasteiger partial charge is 0.497 e. The van der Waals surface area contributed by atoms with Gasteiger partial charge in [0.05, 0.1) is 39.8 Å². The number of nitrogens with zero attached hydrogens (tertiary/aromatic N) is 2. The van der Waals surface area contributed by atoms with E-state index >= 15 is 0 Å². The molecule has 0 aliphatic carbocycles. The number of carbonyl (C=O) groups excluding carboxylic acids is 1. The smallest absolute Gasteiger partial charge is 0.270 e. The van der Waals surface area contributed by atoms with Gasteiger partial charge in [-0.05, 0) is 17.7 Å². The van der Waals surface area contributed by atoms with Crippen LogP contribution in [-0.4, -0.2) is 32.2 Å². The maximum atomic E-state index is 13.2. The third-order valence-electron chi connectivity index (χ3n) is 4.08. The van der Waals surface area contributed by atoms with Gasteiger partial charge in [-0.3, -0.25) is 4.79 Å². The van der Waals surface area contributed by atoms with E-state index in [4.69, 9.17) is 25.8 Å². The van der Waals surface area contributed by atoms with Crippen molar-refractivity contribution in [2.45, 2.75) is 6.54 Å². The summed E-state index contributed by atoms with van der Waals surface area (Å²) in [7, 11) is 4.75. The van der Waals surface area contributed by atoms with E-state index in [1.165, 1.54) is 6.20 Å². The molecule has 0 aliphatic heterocycles. The number of hydrogen-bond acceptors (Lipinski definition) is 6. The molecule has 0 saturated heterocycles. The highest BCUT2D eigenvalue weighted by atomic mass is 35.5. The van der Waals surface area contributed by atoms with E-state index in [1.807, 2.05) is 24.3 Å². The molecular weight excluding hydrogens is 400 g/mol. The van der Waals surface area contributed by atoms with E-state index in [9.17, 15) is 4.79 Å². The summed E-state index contributed by atoms with van der Waals surface area (Å²) in [6.07, 6.45) is 1.48. The number of amides is 1. The highest BCUT2D eigenvalue weighted by molar-refractivity contribution is 7.17. The minimum Gasteiger partial charge on any atom is -0.497 e. The minimum atomic E-state index is -0.212. The van der Waals surface area contributed by atoms with Crippen LogP contribution in [0.1, 0.15) is 15.2 Å². The Kier molecular flexibility index (Phi) is 6.38. The van der Waals surface area contributed by atoms with Gasteiger partial charge in [0.1, 0.15) is 22.1 Å². The van der Waals surface area contributed by atoms with Crippen LogP contribution < -0.4 is 19.1 Å². The molecule has 1 aromatic heterocycles. The number of methoxy groups -OCH3 is 3. The molecule has 28 heavy (non-hydrogen) atoms.